The molecule has 0 unspecified atom stereocenters. The van der Waals surface area contributed by atoms with Crippen molar-refractivity contribution in [1.29, 1.82) is 0 Å². The van der Waals surface area contributed by atoms with Crippen LogP contribution in [0.15, 0.2) is 0 Å². The maximum absolute atomic E-state index is 5.76. The Labute approximate surface area is 67.9 Å². The summed E-state index contributed by atoms with van der Waals surface area (Å²) in [6, 6.07) is 0. The maximum atomic E-state index is 5.76. The van der Waals surface area contributed by atoms with E-state index in [4.69, 9.17) is 9.47 Å². The normalized spacial score (nSPS) is 50.7. The molecule has 2 heterocycles. The fourth-order valence-corrected chi connectivity index (χ4v) is 2.22. The number of ether oxygens (including phenoxy) is 2. The van der Waals surface area contributed by atoms with Crippen molar-refractivity contribution in [3.05, 3.63) is 0 Å². The van der Waals surface area contributed by atoms with Crippen molar-refractivity contribution in [3.63, 3.8) is 0 Å². The minimum Gasteiger partial charge on any atom is -0.347 e. The summed E-state index contributed by atoms with van der Waals surface area (Å²) in [6.45, 7) is 4.20. The molecule has 3 atom stereocenters. The van der Waals surface area contributed by atoms with Crippen LogP contribution in [0.2, 0.25) is 0 Å². The Balaban J connectivity index is 2.09. The van der Waals surface area contributed by atoms with Gasteiger partial charge in [-0.15, -0.1) is 0 Å². The molecule has 0 aliphatic carbocycles. The number of fused-ring (bicyclic) bond motifs is 2. The first-order valence-corrected chi connectivity index (χ1v) is 4.54. The Hall–Kier alpha value is -0.0800. The zero-order valence-electron chi connectivity index (χ0n) is 7.30. The third-order valence-electron chi connectivity index (χ3n) is 2.62. The summed E-state index contributed by atoms with van der Waals surface area (Å²) in [5, 5.41) is 0. The fraction of sp³-hybridized carbons (Fsp3) is 1.00. The Kier molecular flexibility index (Phi) is 1.69. The fourth-order valence-electron chi connectivity index (χ4n) is 2.22. The molecule has 0 spiro atoms. The first-order chi connectivity index (χ1) is 5.18. The summed E-state index contributed by atoms with van der Waals surface area (Å²) < 4.78 is 11.5. The smallest absolute Gasteiger partial charge is 0.166 e. The molecule has 11 heavy (non-hydrogen) atoms. The van der Waals surface area contributed by atoms with Crippen LogP contribution in [0.4, 0.5) is 0 Å². The molecule has 0 aromatic carbocycles. The van der Waals surface area contributed by atoms with E-state index in [0.29, 0.717) is 12.2 Å². The van der Waals surface area contributed by atoms with Gasteiger partial charge in [0.2, 0.25) is 0 Å². The molecule has 0 aromatic heterocycles. The molecule has 2 rings (SSSR count). The second kappa shape index (κ2) is 2.46. The lowest BCUT2D eigenvalue weighted by Gasteiger charge is -2.45. The lowest BCUT2D eigenvalue weighted by molar-refractivity contribution is -0.323. The van der Waals surface area contributed by atoms with E-state index < -0.39 is 0 Å². The highest BCUT2D eigenvalue weighted by Crippen LogP contribution is 2.37. The molecular formula is C9H16O2. The monoisotopic (exact) mass is 156 g/mol. The first kappa shape index (κ1) is 7.56. The lowest BCUT2D eigenvalue weighted by atomic mass is 9.96. The van der Waals surface area contributed by atoms with E-state index in [9.17, 15) is 0 Å². The summed E-state index contributed by atoms with van der Waals surface area (Å²) >= 11 is 0. The minimum absolute atomic E-state index is 0.249. The van der Waals surface area contributed by atoms with Gasteiger partial charge in [-0.3, -0.25) is 0 Å². The zero-order valence-corrected chi connectivity index (χ0v) is 7.30. The topological polar surface area (TPSA) is 18.5 Å². The van der Waals surface area contributed by atoms with Crippen molar-refractivity contribution in [2.75, 3.05) is 0 Å². The SMILES string of the molecule is C[C@@H]1C[C@@H]2CCC[C@@](C)(O2)O1. The van der Waals surface area contributed by atoms with E-state index in [0.717, 1.165) is 12.8 Å². The van der Waals surface area contributed by atoms with Gasteiger partial charge in [0.15, 0.2) is 5.79 Å². The second-order valence-electron chi connectivity index (χ2n) is 3.93. The van der Waals surface area contributed by atoms with Crippen LogP contribution in [0, 0.1) is 0 Å². The van der Waals surface area contributed by atoms with Crippen LogP contribution < -0.4 is 0 Å². The standard InChI is InChI=1S/C9H16O2/c1-7-6-8-4-3-5-9(2,10-7)11-8/h7-8H,3-6H2,1-2H3/t7-,8+,9-/m1/s1. The highest BCUT2D eigenvalue weighted by Gasteiger charge is 2.40. The van der Waals surface area contributed by atoms with E-state index in [2.05, 4.69) is 13.8 Å². The molecule has 2 nitrogen and oxygen atoms in total. The zero-order chi connectivity index (χ0) is 7.90. The minimum atomic E-state index is -0.249. The first-order valence-electron chi connectivity index (χ1n) is 4.54. The van der Waals surface area contributed by atoms with Crippen molar-refractivity contribution in [3.8, 4) is 0 Å². The molecule has 2 aliphatic rings. The quantitative estimate of drug-likeness (QED) is 0.534. The average Bonchev–Trinajstić information content (AvgIpc) is 1.82. The molecule has 2 heteroatoms. The third kappa shape index (κ3) is 1.42. The highest BCUT2D eigenvalue weighted by atomic mass is 16.7. The van der Waals surface area contributed by atoms with Crippen LogP contribution in [0.5, 0.6) is 0 Å². The second-order valence-corrected chi connectivity index (χ2v) is 3.93. The summed E-state index contributed by atoms with van der Waals surface area (Å²) in [5.41, 5.74) is 0. The number of hydrogen-bond acceptors (Lipinski definition) is 2. The van der Waals surface area contributed by atoms with Crippen LogP contribution in [-0.4, -0.2) is 18.0 Å². The molecule has 0 radical (unpaired) electrons. The van der Waals surface area contributed by atoms with Crippen molar-refractivity contribution >= 4 is 0 Å². The van der Waals surface area contributed by atoms with Gasteiger partial charge >= 0.3 is 0 Å². The van der Waals surface area contributed by atoms with E-state index in [-0.39, 0.29) is 5.79 Å². The summed E-state index contributed by atoms with van der Waals surface area (Å²) in [6.07, 6.45) is 5.48. The Morgan fingerprint density at radius 3 is 2.91 bits per heavy atom. The van der Waals surface area contributed by atoms with Gasteiger partial charge in [0.1, 0.15) is 0 Å². The Bertz CT molecular complexity index is 154. The van der Waals surface area contributed by atoms with Gasteiger partial charge in [-0.2, -0.15) is 0 Å². The van der Waals surface area contributed by atoms with Crippen LogP contribution in [0.3, 0.4) is 0 Å². The Morgan fingerprint density at radius 2 is 2.18 bits per heavy atom. The molecule has 2 saturated heterocycles. The number of rotatable bonds is 0. The maximum Gasteiger partial charge on any atom is 0.166 e. The van der Waals surface area contributed by atoms with E-state index in [1.807, 2.05) is 0 Å². The molecular weight excluding hydrogens is 140 g/mol. The van der Waals surface area contributed by atoms with Crippen molar-refractivity contribution in [2.45, 2.75) is 57.5 Å². The van der Waals surface area contributed by atoms with Gasteiger partial charge < -0.3 is 9.47 Å². The molecule has 2 aliphatic heterocycles. The van der Waals surface area contributed by atoms with Crippen LogP contribution in [0.1, 0.15) is 39.5 Å². The molecule has 0 N–H and O–H groups in total. The summed E-state index contributed by atoms with van der Waals surface area (Å²) in [7, 11) is 0. The van der Waals surface area contributed by atoms with Crippen molar-refractivity contribution in [2.24, 2.45) is 0 Å². The van der Waals surface area contributed by atoms with Gasteiger partial charge in [-0.05, 0) is 33.1 Å². The van der Waals surface area contributed by atoms with Gasteiger partial charge in [0.25, 0.3) is 0 Å². The molecule has 64 valence electrons. The third-order valence-corrected chi connectivity index (χ3v) is 2.62. The summed E-state index contributed by atoms with van der Waals surface area (Å²) in [4.78, 5) is 0. The van der Waals surface area contributed by atoms with Crippen LogP contribution in [-0.2, 0) is 9.47 Å². The van der Waals surface area contributed by atoms with E-state index in [1.54, 1.807) is 0 Å². The van der Waals surface area contributed by atoms with Crippen LogP contribution >= 0.6 is 0 Å². The van der Waals surface area contributed by atoms with Crippen molar-refractivity contribution < 1.29 is 9.47 Å². The van der Waals surface area contributed by atoms with Gasteiger partial charge in [-0.25, -0.2) is 0 Å². The van der Waals surface area contributed by atoms with E-state index in [1.165, 1.54) is 12.8 Å². The predicted octanol–water partition coefficient (Wildman–Crippen LogP) is 2.08. The molecule has 0 aromatic rings. The van der Waals surface area contributed by atoms with Gasteiger partial charge in [0, 0.05) is 6.42 Å². The van der Waals surface area contributed by atoms with Gasteiger partial charge in [-0.1, -0.05) is 0 Å². The predicted molar refractivity (Wildman–Crippen MR) is 42.3 cm³/mol. The summed E-state index contributed by atoms with van der Waals surface area (Å²) in [5.74, 6) is -0.249. The average molecular weight is 156 g/mol. The van der Waals surface area contributed by atoms with Crippen molar-refractivity contribution in [1.82, 2.24) is 0 Å². The molecule has 2 bridgehead atoms. The molecule has 0 saturated carbocycles. The lowest BCUT2D eigenvalue weighted by Crippen LogP contribution is -2.48. The van der Waals surface area contributed by atoms with Crippen LogP contribution in [0.25, 0.3) is 0 Å². The Morgan fingerprint density at radius 1 is 1.36 bits per heavy atom. The largest absolute Gasteiger partial charge is 0.347 e. The van der Waals surface area contributed by atoms with E-state index >= 15 is 0 Å². The van der Waals surface area contributed by atoms with Gasteiger partial charge in [0.05, 0.1) is 12.2 Å². The molecule has 0 amide bonds. The molecule has 2 fully saturated rings. The highest BCUT2D eigenvalue weighted by molar-refractivity contribution is 4.81. The number of hydrogen-bond donors (Lipinski definition) is 0.